The number of amides is 11. The normalized spacial score (nSPS) is 14.6. The van der Waals surface area contributed by atoms with Gasteiger partial charge in [-0.25, -0.2) is 4.79 Å². The Morgan fingerprint density at radius 1 is 0.529 bits per heavy atom. The van der Waals surface area contributed by atoms with Gasteiger partial charge in [0.15, 0.2) is 0 Å². The molecule has 0 saturated heterocycles. The summed E-state index contributed by atoms with van der Waals surface area (Å²) in [5.41, 5.74) is 23.0. The molecule has 0 bridgehead atoms. The number of fused-ring (bicyclic) bond motifs is 1. The van der Waals surface area contributed by atoms with E-state index in [0.29, 0.717) is 35.9 Å². The second kappa shape index (κ2) is 35.7. The van der Waals surface area contributed by atoms with Gasteiger partial charge in [0, 0.05) is 36.4 Å². The number of carboxylic acids is 4. The highest BCUT2D eigenvalue weighted by atomic mass is 16.4. The number of H-pyrrole nitrogens is 1. The van der Waals surface area contributed by atoms with E-state index in [2.05, 4.69) is 52.8 Å². The first-order valence-electron chi connectivity index (χ1n) is 27.0. The van der Waals surface area contributed by atoms with E-state index >= 15 is 0 Å². The van der Waals surface area contributed by atoms with Crippen LogP contribution in [0.1, 0.15) is 104 Å². The number of hydrogen-bond donors (Lipinski definition) is 18. The van der Waals surface area contributed by atoms with Crippen LogP contribution in [0.3, 0.4) is 0 Å². The first-order chi connectivity index (χ1) is 39.9. The number of carbonyl (C=O) groups excluding carboxylic acids is 11. The maximum atomic E-state index is 14.1. The summed E-state index contributed by atoms with van der Waals surface area (Å²) in [4.78, 5) is 197. The Morgan fingerprint density at radius 3 is 1.51 bits per heavy atom. The fraction of sp³-hybridized carbons (Fsp3) is 0.558. The van der Waals surface area contributed by atoms with Crippen molar-refractivity contribution < 1.29 is 92.3 Å². The van der Waals surface area contributed by atoms with Crippen molar-refractivity contribution in [3.8, 4) is 0 Å². The molecule has 0 saturated carbocycles. The number of benzene rings is 1. The van der Waals surface area contributed by atoms with Crippen molar-refractivity contribution in [3.63, 3.8) is 0 Å². The van der Waals surface area contributed by atoms with Crippen LogP contribution in [0.25, 0.3) is 10.9 Å². The van der Waals surface area contributed by atoms with E-state index in [0.717, 1.165) is 0 Å². The SMILES string of the molecule is CC[C@H](C)[C@H](NC(=O)CNC(=O)[C@H](CCC(N)=O)NC(=O)[C@H](CC(=O)O)NC(=O)[C@@H](N)CCCCN)C(=O)N[C@@H](CCC(N)=O)C(=O)N[C@H](C(=O)N[C@@H](CC(=O)O)C(=O)N[C@@H](Cc1c[nH]c2ccccc12)C(=O)N[C@@H](CC(=O)O)C(=O)O)C(C)C. The molecule has 10 atom stereocenters. The summed E-state index contributed by atoms with van der Waals surface area (Å²) >= 11 is 0. The molecule has 0 aliphatic carbocycles. The van der Waals surface area contributed by atoms with Gasteiger partial charge < -0.3 is 96.2 Å². The van der Waals surface area contributed by atoms with Gasteiger partial charge in [-0.15, -0.1) is 0 Å². The highest BCUT2D eigenvalue weighted by Gasteiger charge is 2.37. The van der Waals surface area contributed by atoms with Gasteiger partial charge in [0.1, 0.15) is 48.3 Å². The third kappa shape index (κ3) is 25.4. The molecule has 1 aromatic carbocycles. The molecule has 33 heteroatoms. The van der Waals surface area contributed by atoms with Crippen LogP contribution >= 0.6 is 0 Å². The van der Waals surface area contributed by atoms with E-state index < -0.39 is 207 Å². The number of primary amides is 2. The first-order valence-corrected chi connectivity index (χ1v) is 27.0. The number of carbonyl (C=O) groups is 15. The van der Waals surface area contributed by atoms with Crippen LogP contribution in [0.4, 0.5) is 0 Å². The molecule has 0 unspecified atom stereocenters. The fourth-order valence-corrected chi connectivity index (χ4v) is 8.25. The Hall–Kier alpha value is -9.27. The Bertz CT molecular complexity index is 2750. The molecule has 470 valence electrons. The minimum absolute atomic E-state index is 0.150. The molecule has 0 fully saturated rings. The molecular formula is C52H78N14O19. The van der Waals surface area contributed by atoms with Crippen LogP contribution in [0.15, 0.2) is 30.5 Å². The Kier molecular flexibility index (Phi) is 30.1. The largest absolute Gasteiger partial charge is 0.481 e. The van der Waals surface area contributed by atoms with E-state index in [-0.39, 0.29) is 19.3 Å². The number of aliphatic carboxylic acids is 4. The summed E-state index contributed by atoms with van der Waals surface area (Å²) < 4.78 is 0. The van der Waals surface area contributed by atoms with Gasteiger partial charge in [-0.3, -0.25) is 67.1 Å². The zero-order valence-corrected chi connectivity index (χ0v) is 47.4. The lowest BCUT2D eigenvalue weighted by atomic mass is 9.97. The molecule has 0 aliphatic rings. The van der Waals surface area contributed by atoms with E-state index in [4.69, 9.17) is 22.9 Å². The van der Waals surface area contributed by atoms with E-state index in [1.54, 1.807) is 31.2 Å². The molecule has 1 heterocycles. The highest BCUT2D eigenvalue weighted by Crippen LogP contribution is 2.20. The van der Waals surface area contributed by atoms with Crippen LogP contribution < -0.4 is 70.8 Å². The van der Waals surface area contributed by atoms with Crippen molar-refractivity contribution in [1.82, 2.24) is 52.8 Å². The molecule has 0 aliphatic heterocycles. The minimum Gasteiger partial charge on any atom is -0.481 e. The molecule has 11 amide bonds. The van der Waals surface area contributed by atoms with Gasteiger partial charge in [-0.05, 0) is 55.7 Å². The van der Waals surface area contributed by atoms with Crippen LogP contribution in [0, 0.1) is 11.8 Å². The molecule has 22 N–H and O–H groups in total. The summed E-state index contributed by atoms with van der Waals surface area (Å²) in [5, 5.41) is 59.4. The molecular weight excluding hydrogens is 1120 g/mol. The molecule has 0 radical (unpaired) electrons. The molecule has 85 heavy (non-hydrogen) atoms. The van der Waals surface area contributed by atoms with Gasteiger partial charge in [0.2, 0.25) is 65.0 Å². The maximum Gasteiger partial charge on any atom is 0.326 e. The second-order valence-corrected chi connectivity index (χ2v) is 20.3. The average molecular weight is 1200 g/mol. The topological polar surface area (TPSA) is 565 Å². The molecule has 2 aromatic rings. The quantitative estimate of drug-likeness (QED) is 0.0278. The zero-order valence-electron chi connectivity index (χ0n) is 47.4. The molecule has 1 aromatic heterocycles. The van der Waals surface area contributed by atoms with Crippen molar-refractivity contribution in [2.75, 3.05) is 13.1 Å². The van der Waals surface area contributed by atoms with Gasteiger partial charge in [-0.2, -0.15) is 0 Å². The number of nitrogens with two attached hydrogens (primary N) is 4. The lowest BCUT2D eigenvalue weighted by Crippen LogP contribution is -2.61. The molecule has 2 rings (SSSR count). The van der Waals surface area contributed by atoms with Gasteiger partial charge in [0.05, 0.1) is 31.8 Å². The monoisotopic (exact) mass is 1200 g/mol. The lowest BCUT2D eigenvalue weighted by molar-refractivity contribution is -0.147. The van der Waals surface area contributed by atoms with Crippen molar-refractivity contribution in [1.29, 1.82) is 0 Å². The number of carboxylic acid groups (broad SMARTS) is 4. The van der Waals surface area contributed by atoms with Crippen LogP contribution in [0.2, 0.25) is 0 Å². The first kappa shape index (κ1) is 71.8. The number of hydrogen-bond acceptors (Lipinski definition) is 17. The van der Waals surface area contributed by atoms with Crippen LogP contribution in [-0.2, 0) is 78.3 Å². The summed E-state index contributed by atoms with van der Waals surface area (Å²) in [7, 11) is 0. The van der Waals surface area contributed by atoms with E-state index in [9.17, 15) is 92.3 Å². The molecule has 0 spiro atoms. The smallest absolute Gasteiger partial charge is 0.326 e. The number of unbranched alkanes of at least 4 members (excludes halogenated alkanes) is 1. The summed E-state index contributed by atoms with van der Waals surface area (Å²) in [6, 6.07) is -8.32. The number of nitrogens with one attached hydrogen (secondary N) is 10. The predicted octanol–water partition coefficient (Wildman–Crippen LogP) is -5.10. The summed E-state index contributed by atoms with van der Waals surface area (Å²) in [5.74, 6) is -19.8. The number of aromatic amines is 1. The number of rotatable bonds is 40. The van der Waals surface area contributed by atoms with Crippen molar-refractivity contribution >= 4 is 99.8 Å². The van der Waals surface area contributed by atoms with Crippen molar-refractivity contribution in [2.24, 2.45) is 34.8 Å². The maximum absolute atomic E-state index is 14.1. The van der Waals surface area contributed by atoms with Gasteiger partial charge in [-0.1, -0.05) is 58.7 Å². The van der Waals surface area contributed by atoms with Gasteiger partial charge in [0.25, 0.3) is 0 Å². The highest BCUT2D eigenvalue weighted by molar-refractivity contribution is 6.00. The average Bonchev–Trinajstić information content (AvgIpc) is 4.03. The summed E-state index contributed by atoms with van der Waals surface area (Å²) in [6.07, 6.45) is -2.65. The Balaban J connectivity index is 2.36. The van der Waals surface area contributed by atoms with Crippen LogP contribution in [0.5, 0.6) is 0 Å². The standard InChI is InChI=1S/C52H78N14O19/c1-5-25(4)43(65-38(69)23-58-45(77)30(13-15-36(55)67)59-48(80)33(19-39(70)71)61-44(76)28(54)11-8-9-17-53)51(83)60-31(14-16-37(56)68)46(78)66-42(24(2)3)50(82)63-34(20-40(72)73)49(81)62-32(47(79)64-35(52(84)85)21-41(74)75)18-26-22-57-29-12-7-6-10-27(26)29/h6-7,10,12,22,24-25,28,30-35,42-43,57H,5,8-9,11,13-21,23,53-54H2,1-4H3,(H2,55,67)(H2,56,68)(H,58,77)(H,59,80)(H,60,83)(H,61,76)(H,62,81)(H,63,82)(H,64,79)(H,65,69)(H,66,78)(H,70,71)(H,72,73)(H,74,75)(H,84,85)/t25-,28-,30-,31-,32-,33-,34-,35-,42-,43-/m0/s1. The Morgan fingerprint density at radius 2 is 0.988 bits per heavy atom. The van der Waals surface area contributed by atoms with E-state index in [1.807, 2.05) is 0 Å². The zero-order chi connectivity index (χ0) is 64.2. The third-order valence-corrected chi connectivity index (χ3v) is 13.2. The number of para-hydroxylation sites is 1. The minimum atomic E-state index is -2.00. The van der Waals surface area contributed by atoms with Gasteiger partial charge >= 0.3 is 23.9 Å². The Labute approximate surface area is 486 Å². The van der Waals surface area contributed by atoms with Crippen molar-refractivity contribution in [3.05, 3.63) is 36.0 Å². The van der Waals surface area contributed by atoms with Crippen LogP contribution in [-0.4, -0.2) is 182 Å². The third-order valence-electron chi connectivity index (χ3n) is 13.2. The lowest BCUT2D eigenvalue weighted by Gasteiger charge is -2.29. The molecule has 33 nitrogen and oxygen atoms in total. The van der Waals surface area contributed by atoms with Crippen molar-refractivity contribution in [2.45, 2.75) is 159 Å². The second-order valence-electron chi connectivity index (χ2n) is 20.3. The summed E-state index contributed by atoms with van der Waals surface area (Å²) in [6.45, 7) is 5.47. The predicted molar refractivity (Wildman–Crippen MR) is 297 cm³/mol. The van der Waals surface area contributed by atoms with E-state index in [1.165, 1.54) is 27.0 Å². The fourth-order valence-electron chi connectivity index (χ4n) is 8.25. The number of aromatic nitrogens is 1.